The molecule has 1 saturated heterocycles. The third-order valence-electron chi connectivity index (χ3n) is 5.19. The number of benzene rings is 1. The van der Waals surface area contributed by atoms with Crippen molar-refractivity contribution in [2.45, 2.75) is 32.9 Å². The highest BCUT2D eigenvalue weighted by Crippen LogP contribution is 2.24. The molecule has 0 atom stereocenters. The molecule has 0 radical (unpaired) electrons. The second kappa shape index (κ2) is 6.87. The molecular weight excluding hydrogens is 354 g/mol. The van der Waals surface area contributed by atoms with Crippen LogP contribution in [0.1, 0.15) is 35.3 Å². The molecule has 1 amide bonds. The van der Waals surface area contributed by atoms with Crippen LogP contribution in [0.3, 0.4) is 0 Å². The molecule has 0 bridgehead atoms. The molecule has 1 aliphatic heterocycles. The third kappa shape index (κ3) is 3.20. The number of fused-ring (bicyclic) bond motifs is 1. The van der Waals surface area contributed by atoms with Crippen LogP contribution in [0.15, 0.2) is 53.5 Å². The molecule has 0 aliphatic carbocycles. The van der Waals surface area contributed by atoms with E-state index >= 15 is 0 Å². The Hall–Kier alpha value is -2.99. The summed E-state index contributed by atoms with van der Waals surface area (Å²) in [5.41, 5.74) is 2.07. The molecule has 0 unspecified atom stereocenters. The zero-order valence-corrected chi connectivity index (χ0v) is 16.3. The summed E-state index contributed by atoms with van der Waals surface area (Å²) in [5, 5.41) is 0.760. The van der Waals surface area contributed by atoms with E-state index < -0.39 is 5.54 Å². The minimum Gasteiger partial charge on any atom is -0.359 e. The van der Waals surface area contributed by atoms with Crippen LogP contribution < -0.4 is 5.56 Å². The number of pyridine rings is 2. The fourth-order valence-corrected chi connectivity index (χ4v) is 3.50. The first-order valence-electron chi connectivity index (χ1n) is 9.31. The number of carbonyl (C=O) groups is 1. The standard InChI is InChI=1S/C22H23N3O3/c1-15-6-8-16(9-7-15)12-24-19-17(5-4-10-23-19)11-18(20(24)26)21(27)25-14-28-13-22(25,2)3/h4-11H,12-14H2,1-3H3. The Morgan fingerprint density at radius 3 is 2.64 bits per heavy atom. The molecule has 3 aromatic rings. The Morgan fingerprint density at radius 1 is 1.21 bits per heavy atom. The SMILES string of the molecule is Cc1ccc(Cn2c(=O)c(C(=O)N3COCC3(C)C)cc3cccnc32)cc1. The number of hydrogen-bond donors (Lipinski definition) is 0. The average Bonchev–Trinajstić information content (AvgIpc) is 3.04. The first-order valence-corrected chi connectivity index (χ1v) is 9.31. The van der Waals surface area contributed by atoms with E-state index in [4.69, 9.17) is 4.74 Å². The number of ether oxygens (including phenoxy) is 1. The van der Waals surface area contributed by atoms with E-state index in [0.29, 0.717) is 18.8 Å². The van der Waals surface area contributed by atoms with Crippen molar-refractivity contribution in [3.63, 3.8) is 0 Å². The predicted octanol–water partition coefficient (Wildman–Crippen LogP) is 2.96. The van der Waals surface area contributed by atoms with Crippen LogP contribution >= 0.6 is 0 Å². The van der Waals surface area contributed by atoms with Crippen molar-refractivity contribution < 1.29 is 9.53 Å². The van der Waals surface area contributed by atoms with Gasteiger partial charge in [-0.3, -0.25) is 14.2 Å². The van der Waals surface area contributed by atoms with Gasteiger partial charge < -0.3 is 9.64 Å². The number of nitrogens with zero attached hydrogens (tertiary/aromatic N) is 3. The van der Waals surface area contributed by atoms with Crippen molar-refractivity contribution in [3.05, 3.63) is 75.7 Å². The molecule has 6 nitrogen and oxygen atoms in total. The molecule has 4 rings (SSSR count). The summed E-state index contributed by atoms with van der Waals surface area (Å²) in [6.07, 6.45) is 1.66. The summed E-state index contributed by atoms with van der Waals surface area (Å²) in [7, 11) is 0. The minimum absolute atomic E-state index is 0.145. The van der Waals surface area contributed by atoms with Gasteiger partial charge in [0.1, 0.15) is 17.9 Å². The lowest BCUT2D eigenvalue weighted by Crippen LogP contribution is -2.46. The second-order valence-electron chi connectivity index (χ2n) is 7.87. The van der Waals surface area contributed by atoms with E-state index in [-0.39, 0.29) is 23.8 Å². The summed E-state index contributed by atoms with van der Waals surface area (Å²) in [4.78, 5) is 32.5. The van der Waals surface area contributed by atoms with E-state index in [2.05, 4.69) is 4.98 Å². The van der Waals surface area contributed by atoms with Gasteiger partial charge in [0, 0.05) is 11.6 Å². The van der Waals surface area contributed by atoms with Crippen LogP contribution in [0.5, 0.6) is 0 Å². The van der Waals surface area contributed by atoms with Gasteiger partial charge in [-0.2, -0.15) is 0 Å². The van der Waals surface area contributed by atoms with Gasteiger partial charge in [0.15, 0.2) is 0 Å². The molecule has 2 aromatic heterocycles. The van der Waals surface area contributed by atoms with Crippen LogP contribution in [-0.4, -0.2) is 39.2 Å². The summed E-state index contributed by atoms with van der Waals surface area (Å²) in [5.74, 6) is -0.309. The molecule has 28 heavy (non-hydrogen) atoms. The summed E-state index contributed by atoms with van der Waals surface area (Å²) in [6, 6.07) is 13.3. The van der Waals surface area contributed by atoms with E-state index in [0.717, 1.165) is 16.5 Å². The maximum absolute atomic E-state index is 13.3. The maximum Gasteiger partial charge on any atom is 0.265 e. The van der Waals surface area contributed by atoms with Crippen LogP contribution in [0, 0.1) is 6.92 Å². The maximum atomic E-state index is 13.3. The molecule has 0 saturated carbocycles. The van der Waals surface area contributed by atoms with Crippen molar-refractivity contribution in [2.24, 2.45) is 0 Å². The first kappa shape index (κ1) is 18.4. The van der Waals surface area contributed by atoms with Gasteiger partial charge in [0.2, 0.25) is 0 Å². The Bertz CT molecular complexity index is 1100. The smallest absolute Gasteiger partial charge is 0.265 e. The molecule has 1 fully saturated rings. The number of carbonyl (C=O) groups excluding carboxylic acids is 1. The van der Waals surface area contributed by atoms with E-state index in [1.165, 1.54) is 0 Å². The lowest BCUT2D eigenvalue weighted by Gasteiger charge is -2.29. The van der Waals surface area contributed by atoms with Gasteiger partial charge in [0.05, 0.1) is 18.7 Å². The lowest BCUT2D eigenvalue weighted by atomic mass is 10.0. The van der Waals surface area contributed by atoms with Gasteiger partial charge in [0.25, 0.3) is 11.5 Å². The Balaban J connectivity index is 1.84. The monoisotopic (exact) mass is 377 g/mol. The Morgan fingerprint density at radius 2 is 1.96 bits per heavy atom. The highest BCUT2D eigenvalue weighted by molar-refractivity contribution is 5.97. The fraction of sp³-hybridized carbons (Fsp3) is 0.318. The number of amides is 1. The quantitative estimate of drug-likeness (QED) is 0.704. The predicted molar refractivity (Wildman–Crippen MR) is 107 cm³/mol. The minimum atomic E-state index is -0.449. The molecular formula is C22H23N3O3. The van der Waals surface area contributed by atoms with Crippen molar-refractivity contribution in [1.29, 1.82) is 0 Å². The van der Waals surface area contributed by atoms with Crippen molar-refractivity contribution in [1.82, 2.24) is 14.5 Å². The number of aryl methyl sites for hydroxylation is 1. The van der Waals surface area contributed by atoms with Gasteiger partial charge in [-0.15, -0.1) is 0 Å². The van der Waals surface area contributed by atoms with Crippen LogP contribution in [-0.2, 0) is 11.3 Å². The van der Waals surface area contributed by atoms with Gasteiger partial charge in [-0.05, 0) is 44.5 Å². The number of hydrogen-bond acceptors (Lipinski definition) is 4. The fourth-order valence-electron chi connectivity index (χ4n) is 3.50. The van der Waals surface area contributed by atoms with Crippen LogP contribution in [0.2, 0.25) is 0 Å². The van der Waals surface area contributed by atoms with E-state index in [1.54, 1.807) is 27.8 Å². The Kier molecular flexibility index (Phi) is 4.51. The lowest BCUT2D eigenvalue weighted by molar-refractivity contribution is 0.0603. The highest BCUT2D eigenvalue weighted by Gasteiger charge is 2.38. The molecule has 3 heterocycles. The topological polar surface area (TPSA) is 64.4 Å². The molecule has 0 spiro atoms. The average molecular weight is 377 g/mol. The van der Waals surface area contributed by atoms with Crippen molar-refractivity contribution in [3.8, 4) is 0 Å². The van der Waals surface area contributed by atoms with Crippen LogP contribution in [0.25, 0.3) is 11.0 Å². The molecule has 6 heteroatoms. The molecule has 1 aliphatic rings. The number of aromatic nitrogens is 2. The normalized spacial score (nSPS) is 15.9. The van der Waals surface area contributed by atoms with Gasteiger partial charge in [-0.1, -0.05) is 29.8 Å². The second-order valence-corrected chi connectivity index (χ2v) is 7.87. The number of rotatable bonds is 3. The van der Waals surface area contributed by atoms with E-state index in [1.807, 2.05) is 51.1 Å². The molecule has 144 valence electrons. The van der Waals surface area contributed by atoms with Crippen LogP contribution in [0.4, 0.5) is 0 Å². The van der Waals surface area contributed by atoms with Crippen molar-refractivity contribution >= 4 is 16.9 Å². The first-order chi connectivity index (χ1) is 13.4. The van der Waals surface area contributed by atoms with Crippen molar-refractivity contribution in [2.75, 3.05) is 13.3 Å². The largest absolute Gasteiger partial charge is 0.359 e. The summed E-state index contributed by atoms with van der Waals surface area (Å²) >= 11 is 0. The van der Waals surface area contributed by atoms with Gasteiger partial charge in [-0.25, -0.2) is 4.98 Å². The zero-order valence-electron chi connectivity index (χ0n) is 16.3. The Labute approximate surface area is 163 Å². The third-order valence-corrected chi connectivity index (χ3v) is 5.19. The van der Waals surface area contributed by atoms with E-state index in [9.17, 15) is 9.59 Å². The van der Waals surface area contributed by atoms with Gasteiger partial charge >= 0.3 is 0 Å². The molecule has 0 N–H and O–H groups in total. The summed E-state index contributed by atoms with van der Waals surface area (Å²) in [6.45, 7) is 6.89. The summed E-state index contributed by atoms with van der Waals surface area (Å²) < 4.78 is 7.04. The highest BCUT2D eigenvalue weighted by atomic mass is 16.5. The zero-order chi connectivity index (χ0) is 19.9. The molecule has 1 aromatic carbocycles.